The van der Waals surface area contributed by atoms with Crippen molar-refractivity contribution in [3.8, 4) is 0 Å². The number of anilines is 1. The quantitative estimate of drug-likeness (QED) is 0.399. The topological polar surface area (TPSA) is 86.8 Å². The second kappa shape index (κ2) is 12.2. The molecule has 0 aliphatic carbocycles. The molecular formula is C27H30BrN3O4S. The van der Waals surface area contributed by atoms with Gasteiger partial charge < -0.3 is 10.2 Å². The third-order valence-corrected chi connectivity index (χ3v) is 7.36. The molecule has 1 N–H and O–H groups in total. The van der Waals surface area contributed by atoms with E-state index in [0.29, 0.717) is 10.2 Å². The molecule has 36 heavy (non-hydrogen) atoms. The second-order valence-corrected chi connectivity index (χ2v) is 11.4. The Kier molecular flexibility index (Phi) is 9.28. The number of halogens is 1. The van der Waals surface area contributed by atoms with Crippen molar-refractivity contribution in [2.24, 2.45) is 0 Å². The highest BCUT2D eigenvalue weighted by atomic mass is 79.9. The maximum Gasteiger partial charge on any atom is 0.244 e. The van der Waals surface area contributed by atoms with Gasteiger partial charge in [0.05, 0.1) is 11.9 Å². The third-order valence-electron chi connectivity index (χ3n) is 5.73. The number of nitrogens with zero attached hydrogens (tertiary/aromatic N) is 2. The van der Waals surface area contributed by atoms with Crippen LogP contribution in [0.15, 0.2) is 83.3 Å². The van der Waals surface area contributed by atoms with Crippen LogP contribution in [0.1, 0.15) is 16.7 Å². The zero-order chi connectivity index (χ0) is 26.3. The van der Waals surface area contributed by atoms with Crippen molar-refractivity contribution in [1.82, 2.24) is 10.2 Å². The summed E-state index contributed by atoms with van der Waals surface area (Å²) in [4.78, 5) is 28.4. The van der Waals surface area contributed by atoms with Crippen LogP contribution in [0.4, 0.5) is 5.69 Å². The zero-order valence-electron chi connectivity index (χ0n) is 20.5. The Hall–Kier alpha value is -3.17. The number of hydrogen-bond acceptors (Lipinski definition) is 4. The largest absolute Gasteiger partial charge is 0.357 e. The van der Waals surface area contributed by atoms with E-state index in [-0.39, 0.29) is 18.9 Å². The van der Waals surface area contributed by atoms with Gasteiger partial charge in [0.15, 0.2) is 0 Å². The van der Waals surface area contributed by atoms with Gasteiger partial charge in [-0.25, -0.2) is 8.42 Å². The number of benzene rings is 3. The standard InChI is InChI=1S/C27H30BrN3O4S/c1-20-9-7-12-22(15-20)18-30(25(27(33)29-2)16-21-10-5-4-6-11-21)26(32)19-31(36(3,34)35)24-14-8-13-23(28)17-24/h4-15,17,25H,16,18-19H2,1-3H3,(H,29,33)/t25-/m1/s1. The number of amides is 2. The molecule has 1 atom stereocenters. The van der Waals surface area contributed by atoms with Crippen molar-refractivity contribution >= 4 is 43.5 Å². The van der Waals surface area contributed by atoms with Gasteiger partial charge in [-0.3, -0.25) is 13.9 Å². The number of nitrogens with one attached hydrogen (secondary N) is 1. The molecule has 0 saturated heterocycles. The van der Waals surface area contributed by atoms with Gasteiger partial charge in [-0.05, 0) is 36.2 Å². The molecule has 0 aromatic heterocycles. The Bertz CT molecular complexity index is 1320. The monoisotopic (exact) mass is 571 g/mol. The van der Waals surface area contributed by atoms with Crippen LogP contribution >= 0.6 is 15.9 Å². The van der Waals surface area contributed by atoms with Crippen LogP contribution in [-0.4, -0.2) is 51.0 Å². The maximum absolute atomic E-state index is 13.8. The van der Waals surface area contributed by atoms with E-state index in [0.717, 1.165) is 27.3 Å². The number of likely N-dealkylation sites (N-methyl/N-ethyl adjacent to an activating group) is 1. The molecule has 0 unspecified atom stereocenters. The van der Waals surface area contributed by atoms with Crippen molar-refractivity contribution in [3.05, 3.63) is 100 Å². The van der Waals surface area contributed by atoms with Crippen LogP contribution in [0.5, 0.6) is 0 Å². The SMILES string of the molecule is CNC(=O)[C@@H](Cc1ccccc1)N(Cc1cccc(C)c1)C(=O)CN(c1cccc(Br)c1)S(C)(=O)=O. The van der Waals surface area contributed by atoms with E-state index in [4.69, 9.17) is 0 Å². The lowest BCUT2D eigenvalue weighted by atomic mass is 10.0. The highest BCUT2D eigenvalue weighted by molar-refractivity contribution is 9.10. The number of rotatable bonds is 10. The lowest BCUT2D eigenvalue weighted by Crippen LogP contribution is -2.52. The van der Waals surface area contributed by atoms with Crippen LogP contribution < -0.4 is 9.62 Å². The van der Waals surface area contributed by atoms with Crippen LogP contribution in [0.3, 0.4) is 0 Å². The minimum absolute atomic E-state index is 0.154. The first-order valence-electron chi connectivity index (χ1n) is 11.4. The van der Waals surface area contributed by atoms with E-state index in [9.17, 15) is 18.0 Å². The molecule has 0 spiro atoms. The summed E-state index contributed by atoms with van der Waals surface area (Å²) in [5, 5.41) is 2.67. The van der Waals surface area contributed by atoms with Crippen molar-refractivity contribution in [1.29, 1.82) is 0 Å². The minimum Gasteiger partial charge on any atom is -0.357 e. The van der Waals surface area contributed by atoms with E-state index in [2.05, 4.69) is 21.2 Å². The third kappa shape index (κ3) is 7.41. The predicted molar refractivity (Wildman–Crippen MR) is 146 cm³/mol. The molecule has 2 amide bonds. The number of sulfonamides is 1. The fourth-order valence-corrected chi connectivity index (χ4v) is 5.20. The average Bonchev–Trinajstić information content (AvgIpc) is 2.84. The first-order chi connectivity index (χ1) is 17.1. The lowest BCUT2D eigenvalue weighted by Gasteiger charge is -2.33. The number of hydrogen-bond donors (Lipinski definition) is 1. The summed E-state index contributed by atoms with van der Waals surface area (Å²) in [6.07, 6.45) is 1.35. The van der Waals surface area contributed by atoms with Gasteiger partial charge in [0.1, 0.15) is 12.6 Å². The van der Waals surface area contributed by atoms with Gasteiger partial charge in [-0.1, -0.05) is 82.2 Å². The smallest absolute Gasteiger partial charge is 0.244 e. The Morgan fingerprint density at radius 3 is 2.22 bits per heavy atom. The normalized spacial score (nSPS) is 12.0. The zero-order valence-corrected chi connectivity index (χ0v) is 22.9. The van der Waals surface area contributed by atoms with Gasteiger partial charge >= 0.3 is 0 Å². The molecule has 0 saturated carbocycles. The average molecular weight is 573 g/mol. The summed E-state index contributed by atoms with van der Waals surface area (Å²) in [5.74, 6) is -0.806. The van der Waals surface area contributed by atoms with Crippen LogP contribution in [0.25, 0.3) is 0 Å². The molecular weight excluding hydrogens is 542 g/mol. The second-order valence-electron chi connectivity index (χ2n) is 8.58. The highest BCUT2D eigenvalue weighted by Gasteiger charge is 2.32. The summed E-state index contributed by atoms with van der Waals surface area (Å²) < 4.78 is 27.2. The molecule has 3 aromatic rings. The van der Waals surface area contributed by atoms with Crippen LogP contribution in [-0.2, 0) is 32.6 Å². The summed E-state index contributed by atoms with van der Waals surface area (Å²) in [6.45, 7) is 1.67. The van der Waals surface area contributed by atoms with Crippen LogP contribution in [0, 0.1) is 6.92 Å². The molecule has 190 valence electrons. The number of aryl methyl sites for hydroxylation is 1. The molecule has 0 aliphatic rings. The molecule has 0 heterocycles. The maximum atomic E-state index is 13.8. The van der Waals surface area contributed by atoms with Crippen LogP contribution in [0.2, 0.25) is 0 Å². The molecule has 0 aliphatic heterocycles. The van der Waals surface area contributed by atoms with Gasteiger partial charge in [0, 0.05) is 24.5 Å². The Morgan fingerprint density at radius 2 is 1.61 bits per heavy atom. The van der Waals surface area contributed by atoms with E-state index in [1.807, 2.05) is 61.5 Å². The van der Waals surface area contributed by atoms with Gasteiger partial charge in [-0.15, -0.1) is 0 Å². The van der Waals surface area contributed by atoms with E-state index >= 15 is 0 Å². The first kappa shape index (κ1) is 27.4. The van der Waals surface area contributed by atoms with Gasteiger partial charge in [0.2, 0.25) is 21.8 Å². The summed E-state index contributed by atoms with van der Waals surface area (Å²) >= 11 is 3.36. The van der Waals surface area contributed by atoms with Crippen molar-refractivity contribution in [3.63, 3.8) is 0 Å². The highest BCUT2D eigenvalue weighted by Crippen LogP contribution is 2.23. The van der Waals surface area contributed by atoms with E-state index in [1.54, 1.807) is 24.3 Å². The molecule has 0 fully saturated rings. The Morgan fingerprint density at radius 1 is 0.944 bits per heavy atom. The summed E-state index contributed by atoms with van der Waals surface area (Å²) in [7, 11) is -2.26. The van der Waals surface area contributed by atoms with E-state index < -0.39 is 28.5 Å². The molecule has 9 heteroatoms. The van der Waals surface area contributed by atoms with Crippen molar-refractivity contribution in [2.45, 2.75) is 25.9 Å². The Balaban J connectivity index is 2.03. The summed E-state index contributed by atoms with van der Waals surface area (Å²) in [6, 6.07) is 23.0. The summed E-state index contributed by atoms with van der Waals surface area (Å²) in [5.41, 5.74) is 3.11. The predicted octanol–water partition coefficient (Wildman–Crippen LogP) is 3.91. The first-order valence-corrected chi connectivity index (χ1v) is 14.1. The fraction of sp³-hybridized carbons (Fsp3) is 0.259. The van der Waals surface area contributed by atoms with E-state index in [1.165, 1.54) is 11.9 Å². The van der Waals surface area contributed by atoms with Crippen molar-refractivity contribution in [2.75, 3.05) is 24.2 Å². The number of carbonyl (C=O) groups is 2. The lowest BCUT2D eigenvalue weighted by molar-refractivity contribution is -0.139. The molecule has 7 nitrogen and oxygen atoms in total. The molecule has 3 aromatic carbocycles. The molecule has 0 radical (unpaired) electrons. The van der Waals surface area contributed by atoms with Crippen molar-refractivity contribution < 1.29 is 18.0 Å². The number of carbonyl (C=O) groups excluding carboxylic acids is 2. The molecule has 0 bridgehead atoms. The molecule has 3 rings (SSSR count). The van der Waals surface area contributed by atoms with Gasteiger partial charge in [-0.2, -0.15) is 0 Å². The minimum atomic E-state index is -3.79. The fourth-order valence-electron chi connectivity index (χ4n) is 3.97. The van der Waals surface area contributed by atoms with Gasteiger partial charge in [0.25, 0.3) is 0 Å². The Labute approximate surface area is 221 Å².